The lowest BCUT2D eigenvalue weighted by Gasteiger charge is -2.29. The molecule has 0 saturated carbocycles. The van der Waals surface area contributed by atoms with Crippen LogP contribution in [0.2, 0.25) is 0 Å². The predicted molar refractivity (Wildman–Crippen MR) is 87.1 cm³/mol. The van der Waals surface area contributed by atoms with Crippen molar-refractivity contribution in [3.05, 3.63) is 12.5 Å². The van der Waals surface area contributed by atoms with E-state index >= 15 is 0 Å². The smallest absolute Gasteiger partial charge is 0.260 e. The van der Waals surface area contributed by atoms with Crippen molar-refractivity contribution in [2.24, 2.45) is 7.05 Å². The molecule has 126 valence electrons. The minimum atomic E-state index is -3.56. The van der Waals surface area contributed by atoms with Crippen molar-refractivity contribution in [1.29, 1.82) is 0 Å². The Bertz CT molecular complexity index is 572. The normalized spacial score (nSPS) is 18.3. The van der Waals surface area contributed by atoms with Crippen LogP contribution in [0.4, 0.5) is 0 Å². The van der Waals surface area contributed by atoms with Gasteiger partial charge in [-0.1, -0.05) is 12.8 Å². The lowest BCUT2D eigenvalue weighted by atomic mass is 10.0. The molecule has 0 bridgehead atoms. The molecule has 22 heavy (non-hydrogen) atoms. The first kappa shape index (κ1) is 17.4. The number of aromatic nitrogens is 2. The Morgan fingerprint density at radius 1 is 1.23 bits per heavy atom. The highest BCUT2D eigenvalue weighted by Gasteiger charge is 2.28. The average Bonchev–Trinajstić information content (AvgIpc) is 2.71. The van der Waals surface area contributed by atoms with Crippen LogP contribution in [-0.4, -0.2) is 48.0 Å². The highest BCUT2D eigenvalue weighted by Crippen LogP contribution is 2.17. The van der Waals surface area contributed by atoms with Crippen molar-refractivity contribution in [1.82, 2.24) is 19.2 Å². The molecule has 1 saturated heterocycles. The molecule has 0 aromatic carbocycles. The van der Waals surface area contributed by atoms with Gasteiger partial charge >= 0.3 is 0 Å². The minimum Gasteiger partial charge on any atom is -0.339 e. The van der Waals surface area contributed by atoms with Crippen LogP contribution in [0.5, 0.6) is 0 Å². The molecule has 1 aliphatic heterocycles. The van der Waals surface area contributed by atoms with Crippen LogP contribution < -0.4 is 4.72 Å². The third-order valence-corrected chi connectivity index (χ3v) is 5.70. The Balaban J connectivity index is 1.92. The summed E-state index contributed by atoms with van der Waals surface area (Å²) in [7, 11) is -1.80. The number of sulfonamides is 1. The minimum absolute atomic E-state index is 0.0813. The fourth-order valence-electron chi connectivity index (χ4n) is 2.79. The average molecular weight is 328 g/mol. The van der Waals surface area contributed by atoms with E-state index < -0.39 is 15.6 Å². The Kier molecular flexibility index (Phi) is 5.63. The standard InChI is InChI=1S/C15H28N4O2S/c1-15(2,8-11-19-9-6-4-5-7-10-19)17-22(20,21)14-12-18(3)13-16-14/h12-13,17H,4-11H2,1-3H3. The fourth-order valence-corrected chi connectivity index (χ4v) is 4.22. The van der Waals surface area contributed by atoms with Gasteiger partial charge in [0.05, 0.1) is 6.33 Å². The van der Waals surface area contributed by atoms with Gasteiger partial charge in [0.15, 0.2) is 5.03 Å². The van der Waals surface area contributed by atoms with Crippen LogP contribution in [0.25, 0.3) is 0 Å². The largest absolute Gasteiger partial charge is 0.339 e. The van der Waals surface area contributed by atoms with E-state index in [2.05, 4.69) is 14.6 Å². The molecule has 1 aliphatic rings. The van der Waals surface area contributed by atoms with E-state index in [9.17, 15) is 8.42 Å². The van der Waals surface area contributed by atoms with Crippen molar-refractivity contribution in [3.8, 4) is 0 Å². The SMILES string of the molecule is Cn1cnc(S(=O)(=O)NC(C)(C)CCN2CCCCCC2)c1. The molecular formula is C15H28N4O2S. The monoisotopic (exact) mass is 328 g/mol. The summed E-state index contributed by atoms with van der Waals surface area (Å²) < 4.78 is 29.2. The van der Waals surface area contributed by atoms with E-state index in [1.54, 1.807) is 11.6 Å². The van der Waals surface area contributed by atoms with Crippen molar-refractivity contribution >= 4 is 10.0 Å². The molecule has 0 amide bonds. The molecule has 7 heteroatoms. The molecule has 0 atom stereocenters. The van der Waals surface area contributed by atoms with E-state index in [1.807, 2.05) is 13.8 Å². The zero-order valence-corrected chi connectivity index (χ0v) is 14.7. The van der Waals surface area contributed by atoms with Gasteiger partial charge in [-0.05, 0) is 52.7 Å². The fraction of sp³-hybridized carbons (Fsp3) is 0.800. The molecule has 1 aromatic rings. The first-order chi connectivity index (χ1) is 10.3. The molecule has 6 nitrogen and oxygen atoms in total. The molecule has 1 N–H and O–H groups in total. The second-order valence-corrected chi connectivity index (χ2v) is 8.50. The van der Waals surface area contributed by atoms with Gasteiger partial charge in [-0.15, -0.1) is 0 Å². The summed E-state index contributed by atoms with van der Waals surface area (Å²) in [5, 5.41) is 0.0813. The van der Waals surface area contributed by atoms with Gasteiger partial charge in [0.1, 0.15) is 0 Å². The van der Waals surface area contributed by atoms with Gasteiger partial charge in [0.25, 0.3) is 10.0 Å². The van der Waals surface area contributed by atoms with E-state index in [4.69, 9.17) is 0 Å². The second-order valence-electron chi connectivity index (χ2n) is 6.87. The Labute approximate surface area is 134 Å². The molecular weight excluding hydrogens is 300 g/mol. The number of imidazole rings is 1. The van der Waals surface area contributed by atoms with Crippen LogP contribution in [0.15, 0.2) is 17.6 Å². The molecule has 1 fully saturated rings. The highest BCUT2D eigenvalue weighted by molar-refractivity contribution is 7.89. The van der Waals surface area contributed by atoms with Gasteiger partial charge in [-0.3, -0.25) is 0 Å². The second kappa shape index (κ2) is 7.10. The molecule has 0 radical (unpaired) electrons. The van der Waals surface area contributed by atoms with E-state index in [1.165, 1.54) is 38.2 Å². The van der Waals surface area contributed by atoms with Gasteiger partial charge in [-0.2, -0.15) is 0 Å². The molecule has 2 heterocycles. The maximum absolute atomic E-state index is 12.4. The van der Waals surface area contributed by atoms with Gasteiger partial charge in [-0.25, -0.2) is 18.1 Å². The number of aryl methyl sites for hydroxylation is 1. The zero-order valence-electron chi connectivity index (χ0n) is 13.9. The van der Waals surface area contributed by atoms with Gasteiger partial charge < -0.3 is 9.47 Å². The van der Waals surface area contributed by atoms with Crippen LogP contribution in [0, 0.1) is 0 Å². The maximum atomic E-state index is 12.4. The van der Waals surface area contributed by atoms with Crippen molar-refractivity contribution < 1.29 is 8.42 Å². The third kappa shape index (κ3) is 5.07. The number of nitrogens with zero attached hydrogens (tertiary/aromatic N) is 3. The number of likely N-dealkylation sites (tertiary alicyclic amines) is 1. The Morgan fingerprint density at radius 3 is 2.41 bits per heavy atom. The Morgan fingerprint density at radius 2 is 1.86 bits per heavy atom. The number of hydrogen-bond acceptors (Lipinski definition) is 4. The molecule has 0 unspecified atom stereocenters. The molecule has 0 spiro atoms. The third-order valence-electron chi connectivity index (χ3n) is 4.12. The first-order valence-electron chi connectivity index (χ1n) is 8.03. The zero-order chi connectivity index (χ0) is 16.2. The van der Waals surface area contributed by atoms with Crippen molar-refractivity contribution in [2.45, 2.75) is 56.5 Å². The van der Waals surface area contributed by atoms with E-state index in [0.717, 1.165) is 26.1 Å². The van der Waals surface area contributed by atoms with Crippen LogP contribution in [0.1, 0.15) is 46.0 Å². The van der Waals surface area contributed by atoms with Crippen LogP contribution >= 0.6 is 0 Å². The topological polar surface area (TPSA) is 67.2 Å². The van der Waals surface area contributed by atoms with Crippen LogP contribution in [-0.2, 0) is 17.1 Å². The predicted octanol–water partition coefficient (Wildman–Crippen LogP) is 1.74. The summed E-state index contributed by atoms with van der Waals surface area (Å²) >= 11 is 0. The lowest BCUT2D eigenvalue weighted by Crippen LogP contribution is -2.45. The Hall–Kier alpha value is -0.920. The molecule has 1 aromatic heterocycles. The van der Waals surface area contributed by atoms with E-state index in [0.29, 0.717) is 0 Å². The molecule has 2 rings (SSSR count). The summed E-state index contributed by atoms with van der Waals surface area (Å²) in [4.78, 5) is 6.38. The summed E-state index contributed by atoms with van der Waals surface area (Å²) in [5.41, 5.74) is -0.483. The van der Waals surface area contributed by atoms with Gasteiger partial charge in [0.2, 0.25) is 0 Å². The van der Waals surface area contributed by atoms with Gasteiger partial charge in [0, 0.05) is 18.8 Å². The number of rotatable bonds is 6. The molecule has 0 aliphatic carbocycles. The maximum Gasteiger partial charge on any atom is 0.260 e. The number of nitrogens with one attached hydrogen (secondary N) is 1. The summed E-state index contributed by atoms with van der Waals surface area (Å²) in [6, 6.07) is 0. The van der Waals surface area contributed by atoms with Crippen molar-refractivity contribution in [2.75, 3.05) is 19.6 Å². The van der Waals surface area contributed by atoms with Crippen molar-refractivity contribution in [3.63, 3.8) is 0 Å². The summed E-state index contributed by atoms with van der Waals surface area (Å²) in [6.07, 6.45) is 8.93. The number of hydrogen-bond donors (Lipinski definition) is 1. The van der Waals surface area contributed by atoms with E-state index in [-0.39, 0.29) is 5.03 Å². The quantitative estimate of drug-likeness (QED) is 0.864. The highest BCUT2D eigenvalue weighted by atomic mass is 32.2. The summed E-state index contributed by atoms with van der Waals surface area (Å²) in [6.45, 7) is 7.06. The summed E-state index contributed by atoms with van der Waals surface area (Å²) in [5.74, 6) is 0. The van der Waals surface area contributed by atoms with Crippen LogP contribution in [0.3, 0.4) is 0 Å². The lowest BCUT2D eigenvalue weighted by molar-refractivity contribution is 0.251. The first-order valence-corrected chi connectivity index (χ1v) is 9.51.